The van der Waals surface area contributed by atoms with Gasteiger partial charge < -0.3 is 15.4 Å². The van der Waals surface area contributed by atoms with E-state index in [0.29, 0.717) is 43.2 Å². The number of aliphatic imine (C=N–C) groups is 1. The lowest BCUT2D eigenvalue weighted by atomic mass is 9.96. The summed E-state index contributed by atoms with van der Waals surface area (Å²) in [6.45, 7) is 5.73. The van der Waals surface area contributed by atoms with Crippen LogP contribution in [0.4, 0.5) is 4.39 Å². The third-order valence-corrected chi connectivity index (χ3v) is 6.70. The van der Waals surface area contributed by atoms with Gasteiger partial charge in [-0.2, -0.15) is 0 Å². The molecule has 7 nitrogen and oxygen atoms in total. The van der Waals surface area contributed by atoms with Crippen molar-refractivity contribution >= 4 is 60.9 Å². The summed E-state index contributed by atoms with van der Waals surface area (Å²) in [6, 6.07) is 3.55. The van der Waals surface area contributed by atoms with Gasteiger partial charge in [0.25, 0.3) is 0 Å². The molecule has 2 N–H and O–H groups in total. The molecular weight excluding hydrogens is 579 g/mol. The Morgan fingerprint density at radius 1 is 1.36 bits per heavy atom. The maximum atomic E-state index is 13.7. The van der Waals surface area contributed by atoms with Crippen molar-refractivity contribution in [1.82, 2.24) is 15.6 Å². The lowest BCUT2D eigenvalue weighted by Crippen LogP contribution is -2.34. The number of nitrogens with zero attached hydrogens (tertiary/aromatic N) is 2. The molecule has 0 fully saturated rings. The van der Waals surface area contributed by atoms with Gasteiger partial charge in [0.05, 0.1) is 24.3 Å². The van der Waals surface area contributed by atoms with E-state index in [1.165, 1.54) is 23.5 Å². The molecule has 33 heavy (non-hydrogen) atoms. The van der Waals surface area contributed by atoms with Crippen molar-refractivity contribution in [3.63, 3.8) is 0 Å². The van der Waals surface area contributed by atoms with Crippen molar-refractivity contribution in [2.75, 3.05) is 11.9 Å². The minimum absolute atomic E-state index is 0.0443. The van der Waals surface area contributed by atoms with Gasteiger partial charge in [0.2, 0.25) is 5.91 Å². The Balaban J connectivity index is 2.00. The molecule has 2 heterocycles. The molecule has 1 amide bonds. The van der Waals surface area contributed by atoms with Crippen LogP contribution in [0.3, 0.4) is 0 Å². The van der Waals surface area contributed by atoms with Crippen LogP contribution in [0.5, 0.6) is 0 Å². The van der Waals surface area contributed by atoms with E-state index in [1.54, 1.807) is 18.4 Å². The second-order valence-electron chi connectivity index (χ2n) is 7.46. The average molecular weight is 602 g/mol. The number of hydrogen-bond donors (Lipinski definition) is 2. The Morgan fingerprint density at radius 2 is 2.12 bits per heavy atom. The van der Waals surface area contributed by atoms with Crippen LogP contribution in [0.1, 0.15) is 43.1 Å². The Kier molecular flexibility index (Phi) is 8.77. The van der Waals surface area contributed by atoms with Gasteiger partial charge >= 0.3 is 5.97 Å². The van der Waals surface area contributed by atoms with E-state index < -0.39 is 17.8 Å². The highest BCUT2D eigenvalue weighted by Crippen LogP contribution is 2.37. The van der Waals surface area contributed by atoms with Crippen molar-refractivity contribution in [2.24, 2.45) is 4.99 Å². The van der Waals surface area contributed by atoms with E-state index in [0.717, 1.165) is 0 Å². The van der Waals surface area contributed by atoms with Gasteiger partial charge in [-0.1, -0.05) is 37.9 Å². The Morgan fingerprint density at radius 3 is 2.76 bits per heavy atom. The number of amidine groups is 1. The minimum atomic E-state index is -0.737. The second kappa shape index (κ2) is 11.3. The zero-order valence-electron chi connectivity index (χ0n) is 18.2. The topological polar surface area (TPSA) is 92.7 Å². The number of esters is 1. The normalized spacial score (nSPS) is 15.8. The fourth-order valence-corrected chi connectivity index (χ4v) is 5.02. The summed E-state index contributed by atoms with van der Waals surface area (Å²) in [5.74, 6) is -0.567. The fourth-order valence-electron chi connectivity index (χ4n) is 3.24. The van der Waals surface area contributed by atoms with Crippen LogP contribution >= 0.6 is 43.2 Å². The molecule has 0 saturated heterocycles. The first-order chi connectivity index (χ1) is 15.7. The number of nitrogens with one attached hydrogen (secondary N) is 2. The van der Waals surface area contributed by atoms with Crippen LogP contribution in [0.15, 0.2) is 44.3 Å². The number of allylic oxidation sites excluding steroid dienone is 1. The average Bonchev–Trinajstić information content (AvgIpc) is 3.20. The molecule has 0 spiro atoms. The van der Waals surface area contributed by atoms with Crippen LogP contribution in [-0.4, -0.2) is 40.7 Å². The number of carbonyl (C=O) groups is 2. The molecule has 1 atom stereocenters. The Hall–Kier alpha value is -2.11. The molecular formula is C22H23Br2FN4O3S. The zero-order chi connectivity index (χ0) is 24.1. The molecule has 1 unspecified atom stereocenters. The first-order valence-electron chi connectivity index (χ1n) is 10.2. The molecule has 2 aromatic rings. The molecule has 0 aliphatic carbocycles. The predicted molar refractivity (Wildman–Crippen MR) is 133 cm³/mol. The van der Waals surface area contributed by atoms with Gasteiger partial charge in [0, 0.05) is 26.9 Å². The van der Waals surface area contributed by atoms with E-state index in [2.05, 4.69) is 47.5 Å². The number of ether oxygens (including phenoxy) is 1. The fraction of sp³-hybridized carbons (Fsp3) is 0.364. The summed E-state index contributed by atoms with van der Waals surface area (Å²) in [4.78, 5) is 34.2. The molecule has 1 aromatic carbocycles. The minimum Gasteiger partial charge on any atom is -0.463 e. The SMILES string of the molecule is CCOC(=O)C1=C(CBr)NC(c2nc(CC(=O)NC(C)C)cs2)=NC1c1ccc(F)cc1Br. The highest BCUT2D eigenvalue weighted by Gasteiger charge is 2.33. The van der Waals surface area contributed by atoms with Crippen molar-refractivity contribution < 1.29 is 18.7 Å². The smallest absolute Gasteiger partial charge is 0.338 e. The number of amides is 1. The molecule has 176 valence electrons. The number of aromatic nitrogens is 1. The maximum absolute atomic E-state index is 13.7. The van der Waals surface area contributed by atoms with E-state index in [4.69, 9.17) is 9.73 Å². The summed E-state index contributed by atoms with van der Waals surface area (Å²) in [5.41, 5.74) is 2.15. The van der Waals surface area contributed by atoms with E-state index in [9.17, 15) is 14.0 Å². The third-order valence-electron chi connectivity index (χ3n) is 4.56. The highest BCUT2D eigenvalue weighted by molar-refractivity contribution is 9.10. The monoisotopic (exact) mass is 600 g/mol. The van der Waals surface area contributed by atoms with E-state index in [1.807, 2.05) is 13.8 Å². The summed E-state index contributed by atoms with van der Waals surface area (Å²) in [6.07, 6.45) is 0.157. The van der Waals surface area contributed by atoms with E-state index in [-0.39, 0.29) is 25.0 Å². The highest BCUT2D eigenvalue weighted by atomic mass is 79.9. The molecule has 11 heteroatoms. The van der Waals surface area contributed by atoms with Crippen molar-refractivity contribution in [1.29, 1.82) is 0 Å². The van der Waals surface area contributed by atoms with Gasteiger partial charge in [-0.3, -0.25) is 9.79 Å². The zero-order valence-corrected chi connectivity index (χ0v) is 22.2. The Bertz CT molecular complexity index is 1120. The van der Waals surface area contributed by atoms with Crippen molar-refractivity contribution in [2.45, 2.75) is 39.3 Å². The number of hydrogen-bond acceptors (Lipinski definition) is 7. The van der Waals surface area contributed by atoms with Crippen LogP contribution in [0.25, 0.3) is 0 Å². The van der Waals surface area contributed by atoms with Crippen molar-refractivity contribution in [3.05, 3.63) is 61.4 Å². The number of thiazole rings is 1. The van der Waals surface area contributed by atoms with Crippen LogP contribution in [0, 0.1) is 5.82 Å². The van der Waals surface area contributed by atoms with Crippen molar-refractivity contribution in [3.8, 4) is 0 Å². The summed E-state index contributed by atoms with van der Waals surface area (Å²) >= 11 is 8.17. The third kappa shape index (κ3) is 6.27. The number of halogens is 3. The van der Waals surface area contributed by atoms with Crippen LogP contribution in [0.2, 0.25) is 0 Å². The van der Waals surface area contributed by atoms with E-state index >= 15 is 0 Å². The van der Waals surface area contributed by atoms with Gasteiger partial charge in [-0.05, 0) is 38.5 Å². The molecule has 3 rings (SSSR count). The second-order valence-corrected chi connectivity index (χ2v) is 9.73. The lowest BCUT2D eigenvalue weighted by molar-refractivity contribution is -0.139. The summed E-state index contributed by atoms with van der Waals surface area (Å²) in [5, 5.41) is 8.74. The first-order valence-corrected chi connectivity index (χ1v) is 13.0. The number of carbonyl (C=O) groups excluding carboxylic acids is 2. The van der Waals surface area contributed by atoms with Gasteiger partial charge in [-0.25, -0.2) is 14.2 Å². The van der Waals surface area contributed by atoms with Gasteiger partial charge in [0.1, 0.15) is 11.9 Å². The van der Waals surface area contributed by atoms with Crippen LogP contribution < -0.4 is 10.6 Å². The van der Waals surface area contributed by atoms with Gasteiger partial charge in [-0.15, -0.1) is 11.3 Å². The number of benzene rings is 1. The molecule has 0 bridgehead atoms. The van der Waals surface area contributed by atoms with Crippen LogP contribution in [-0.2, 0) is 20.7 Å². The number of rotatable bonds is 8. The molecule has 0 saturated carbocycles. The largest absolute Gasteiger partial charge is 0.463 e. The maximum Gasteiger partial charge on any atom is 0.338 e. The lowest BCUT2D eigenvalue weighted by Gasteiger charge is -2.26. The molecule has 1 aromatic heterocycles. The number of alkyl halides is 1. The summed E-state index contributed by atoms with van der Waals surface area (Å²) < 4.78 is 19.5. The van der Waals surface area contributed by atoms with Gasteiger partial charge in [0.15, 0.2) is 10.8 Å². The Labute approximate surface area is 212 Å². The quantitative estimate of drug-likeness (QED) is 0.345. The first kappa shape index (κ1) is 25.5. The standard InChI is InChI=1S/C22H23Br2FN4O3S/c1-4-32-22(31)18-16(9-23)28-20(29-19(18)14-6-5-12(25)7-15(14)24)21-27-13(10-33-21)8-17(30)26-11(2)3/h5-7,10-11,19H,4,8-9H2,1-3H3,(H,26,30)(H,28,29). The molecule has 0 radical (unpaired) electrons. The predicted octanol–water partition coefficient (Wildman–Crippen LogP) is 4.42. The summed E-state index contributed by atoms with van der Waals surface area (Å²) in [7, 11) is 0. The molecule has 1 aliphatic rings. The molecule has 1 aliphatic heterocycles.